The van der Waals surface area contributed by atoms with Crippen molar-refractivity contribution in [2.24, 2.45) is 0 Å². The number of aliphatic carboxylic acids is 1. The molecule has 0 aliphatic rings. The van der Waals surface area contributed by atoms with Crippen LogP contribution in [0.15, 0.2) is 0 Å². The maximum absolute atomic E-state index is 10.4. The van der Waals surface area contributed by atoms with Gasteiger partial charge < -0.3 is 15.5 Å². The monoisotopic (exact) mass is 161 g/mol. The lowest BCUT2D eigenvalue weighted by molar-refractivity contribution is -0.139. The lowest BCUT2D eigenvalue weighted by Crippen LogP contribution is -2.36. The number of aliphatic hydroxyl groups is 1. The fraction of sp³-hybridized carbons (Fsp3) is 0.857. The summed E-state index contributed by atoms with van der Waals surface area (Å²) >= 11 is 0. The highest BCUT2D eigenvalue weighted by molar-refractivity contribution is 5.73. The minimum atomic E-state index is -0.828. The Balaban J connectivity index is 3.44. The predicted octanol–water partition coefficient (Wildman–Crippen LogP) is -0.178. The van der Waals surface area contributed by atoms with Crippen molar-refractivity contribution in [2.45, 2.75) is 25.8 Å². The van der Waals surface area contributed by atoms with Crippen LogP contribution in [-0.4, -0.2) is 35.4 Å². The van der Waals surface area contributed by atoms with Crippen molar-refractivity contribution in [3.63, 3.8) is 0 Å². The molecule has 1 unspecified atom stereocenters. The lowest BCUT2D eigenvalue weighted by Gasteiger charge is -2.10. The normalized spacial score (nSPS) is 12.9. The van der Waals surface area contributed by atoms with Crippen LogP contribution in [0, 0.1) is 0 Å². The molecule has 11 heavy (non-hydrogen) atoms. The van der Waals surface area contributed by atoms with E-state index in [1.165, 1.54) is 0 Å². The zero-order valence-corrected chi connectivity index (χ0v) is 6.71. The molecular formula is C7H15NO3. The van der Waals surface area contributed by atoms with E-state index in [-0.39, 0.29) is 6.61 Å². The maximum Gasteiger partial charge on any atom is 0.320 e. The van der Waals surface area contributed by atoms with E-state index in [4.69, 9.17) is 10.2 Å². The molecule has 0 fully saturated rings. The van der Waals surface area contributed by atoms with E-state index in [2.05, 4.69) is 5.32 Å². The van der Waals surface area contributed by atoms with E-state index in [9.17, 15) is 4.79 Å². The number of hydrogen-bond acceptors (Lipinski definition) is 3. The summed E-state index contributed by atoms with van der Waals surface area (Å²) in [5.74, 6) is -0.828. The number of carboxylic acid groups (broad SMARTS) is 1. The maximum atomic E-state index is 10.4. The molecule has 0 radical (unpaired) electrons. The fourth-order valence-corrected chi connectivity index (χ4v) is 0.762. The molecule has 4 nitrogen and oxygen atoms in total. The second kappa shape index (κ2) is 6.12. The van der Waals surface area contributed by atoms with Crippen LogP contribution in [0.1, 0.15) is 19.8 Å². The van der Waals surface area contributed by atoms with E-state index < -0.39 is 12.0 Å². The molecule has 0 aromatic carbocycles. The highest BCUT2D eigenvalue weighted by Crippen LogP contribution is 1.90. The van der Waals surface area contributed by atoms with Crippen LogP contribution >= 0.6 is 0 Å². The third kappa shape index (κ3) is 4.75. The second-order valence-corrected chi connectivity index (χ2v) is 2.33. The molecule has 0 aliphatic heterocycles. The molecular weight excluding hydrogens is 146 g/mol. The van der Waals surface area contributed by atoms with Crippen LogP contribution in [0.2, 0.25) is 0 Å². The van der Waals surface area contributed by atoms with Crippen LogP contribution in [0.5, 0.6) is 0 Å². The summed E-state index contributed by atoms with van der Waals surface area (Å²) in [5, 5.41) is 19.8. The first-order valence-corrected chi connectivity index (χ1v) is 3.79. The van der Waals surface area contributed by atoms with Gasteiger partial charge in [-0.25, -0.2) is 0 Å². The van der Waals surface area contributed by atoms with Crippen LogP contribution < -0.4 is 5.32 Å². The van der Waals surface area contributed by atoms with Gasteiger partial charge in [0, 0.05) is 6.61 Å². The molecule has 0 aromatic rings. The lowest BCUT2D eigenvalue weighted by atomic mass is 10.2. The van der Waals surface area contributed by atoms with E-state index in [1.54, 1.807) is 0 Å². The third-order valence-corrected chi connectivity index (χ3v) is 1.43. The third-order valence-electron chi connectivity index (χ3n) is 1.43. The van der Waals surface area contributed by atoms with Crippen LogP contribution in [0.4, 0.5) is 0 Å². The van der Waals surface area contributed by atoms with Gasteiger partial charge in [-0.05, 0) is 19.4 Å². The Bertz CT molecular complexity index is 116. The van der Waals surface area contributed by atoms with Crippen molar-refractivity contribution in [3.05, 3.63) is 0 Å². The van der Waals surface area contributed by atoms with Gasteiger partial charge in [-0.15, -0.1) is 0 Å². The van der Waals surface area contributed by atoms with Gasteiger partial charge in [-0.1, -0.05) is 6.92 Å². The number of aliphatic hydroxyl groups excluding tert-OH is 1. The van der Waals surface area contributed by atoms with E-state index in [0.717, 1.165) is 0 Å². The Hall–Kier alpha value is -0.610. The van der Waals surface area contributed by atoms with Gasteiger partial charge in [0.05, 0.1) is 0 Å². The average Bonchev–Trinajstić information content (AvgIpc) is 1.97. The topological polar surface area (TPSA) is 69.6 Å². The van der Waals surface area contributed by atoms with E-state index in [0.29, 0.717) is 19.4 Å². The van der Waals surface area contributed by atoms with Crippen molar-refractivity contribution in [3.8, 4) is 0 Å². The molecule has 0 saturated heterocycles. The highest BCUT2D eigenvalue weighted by Gasteiger charge is 2.12. The first-order valence-electron chi connectivity index (χ1n) is 3.79. The quantitative estimate of drug-likeness (QED) is 0.473. The van der Waals surface area contributed by atoms with Gasteiger partial charge in [0.15, 0.2) is 0 Å². The first-order chi connectivity index (χ1) is 5.22. The molecule has 0 spiro atoms. The van der Waals surface area contributed by atoms with Gasteiger partial charge >= 0.3 is 5.97 Å². The molecule has 0 bridgehead atoms. The molecule has 4 heteroatoms. The van der Waals surface area contributed by atoms with Gasteiger partial charge in [-0.2, -0.15) is 0 Å². The highest BCUT2D eigenvalue weighted by atomic mass is 16.4. The van der Waals surface area contributed by atoms with Gasteiger partial charge in [0.1, 0.15) is 6.04 Å². The summed E-state index contributed by atoms with van der Waals surface area (Å²) in [6.07, 6.45) is 1.17. The summed E-state index contributed by atoms with van der Waals surface area (Å²) in [7, 11) is 0. The van der Waals surface area contributed by atoms with Crippen molar-refractivity contribution in [2.75, 3.05) is 13.2 Å². The molecule has 0 rings (SSSR count). The Kier molecular flexibility index (Phi) is 5.78. The molecule has 66 valence electrons. The first kappa shape index (κ1) is 10.4. The minimum Gasteiger partial charge on any atom is -0.480 e. The summed E-state index contributed by atoms with van der Waals surface area (Å²) < 4.78 is 0. The Morgan fingerprint density at radius 3 is 2.64 bits per heavy atom. The Labute approximate surface area is 66.2 Å². The smallest absolute Gasteiger partial charge is 0.320 e. The van der Waals surface area contributed by atoms with Gasteiger partial charge in [0.2, 0.25) is 0 Å². The molecule has 0 aliphatic carbocycles. The Morgan fingerprint density at radius 2 is 2.27 bits per heavy atom. The summed E-state index contributed by atoms with van der Waals surface area (Å²) in [4.78, 5) is 10.4. The number of hydrogen-bond donors (Lipinski definition) is 3. The average molecular weight is 161 g/mol. The van der Waals surface area contributed by atoms with Crippen molar-refractivity contribution in [1.82, 2.24) is 5.32 Å². The largest absolute Gasteiger partial charge is 0.480 e. The van der Waals surface area contributed by atoms with Gasteiger partial charge in [0.25, 0.3) is 0 Å². The number of carboxylic acids is 1. The second-order valence-electron chi connectivity index (χ2n) is 2.33. The summed E-state index contributed by atoms with van der Waals surface area (Å²) in [6, 6.07) is -0.471. The molecule has 0 saturated carbocycles. The molecule has 1 atom stereocenters. The summed E-state index contributed by atoms with van der Waals surface area (Å²) in [6.45, 7) is 2.47. The number of carbonyl (C=O) groups is 1. The van der Waals surface area contributed by atoms with Crippen molar-refractivity contribution < 1.29 is 15.0 Å². The fourth-order valence-electron chi connectivity index (χ4n) is 0.762. The van der Waals surface area contributed by atoms with Gasteiger partial charge in [-0.3, -0.25) is 4.79 Å². The van der Waals surface area contributed by atoms with Crippen LogP contribution in [0.3, 0.4) is 0 Å². The standard InChI is InChI=1S/C7H15NO3/c1-2-6(7(10)11)8-4-3-5-9/h6,8-9H,2-5H2,1H3,(H,10,11). The number of rotatable bonds is 6. The van der Waals surface area contributed by atoms with E-state index in [1.807, 2.05) is 6.92 Å². The van der Waals surface area contributed by atoms with Crippen LogP contribution in [0.25, 0.3) is 0 Å². The SMILES string of the molecule is CCC(NCCCO)C(=O)O. The van der Waals surface area contributed by atoms with Crippen molar-refractivity contribution in [1.29, 1.82) is 0 Å². The summed E-state index contributed by atoms with van der Waals surface area (Å²) in [5.41, 5.74) is 0. The molecule has 0 aromatic heterocycles. The minimum absolute atomic E-state index is 0.100. The number of nitrogens with one attached hydrogen (secondary N) is 1. The van der Waals surface area contributed by atoms with Crippen LogP contribution in [-0.2, 0) is 4.79 Å². The molecule has 0 heterocycles. The zero-order chi connectivity index (χ0) is 8.69. The molecule has 3 N–H and O–H groups in total. The van der Waals surface area contributed by atoms with Crippen molar-refractivity contribution >= 4 is 5.97 Å². The van der Waals surface area contributed by atoms with E-state index >= 15 is 0 Å². The Morgan fingerprint density at radius 1 is 1.64 bits per heavy atom. The predicted molar refractivity (Wildman–Crippen MR) is 41.4 cm³/mol. The zero-order valence-electron chi connectivity index (χ0n) is 6.71. The molecule has 0 amide bonds.